The van der Waals surface area contributed by atoms with Crippen molar-refractivity contribution in [3.8, 4) is 0 Å². The van der Waals surface area contributed by atoms with Crippen LogP contribution in [0.2, 0.25) is 0 Å². The van der Waals surface area contributed by atoms with Crippen molar-refractivity contribution in [2.75, 3.05) is 6.61 Å². The number of carbonyl (C=O) groups is 2. The molecule has 1 atom stereocenters. The van der Waals surface area contributed by atoms with Gasteiger partial charge in [0, 0.05) is 5.92 Å². The van der Waals surface area contributed by atoms with Gasteiger partial charge in [-0.3, -0.25) is 9.59 Å². The first-order valence-corrected chi connectivity index (χ1v) is 3.62. The van der Waals surface area contributed by atoms with Gasteiger partial charge in [0.1, 0.15) is 0 Å². The first-order valence-electron chi connectivity index (χ1n) is 3.62. The van der Waals surface area contributed by atoms with Gasteiger partial charge in [0.25, 0.3) is 5.78 Å². The molecule has 0 aromatic rings. The summed E-state index contributed by atoms with van der Waals surface area (Å²) in [5.41, 5.74) is 0. The number of carbonyl (C=O) groups excluding carboxylic acids is 2. The SMILES string of the molecule is CCC1C=C(C(=O)C=O)OC1. The average molecular weight is 154 g/mol. The lowest BCUT2D eigenvalue weighted by Crippen LogP contribution is -2.03. The third kappa shape index (κ3) is 1.67. The number of rotatable bonds is 3. The maximum absolute atomic E-state index is 10.7. The Balaban J connectivity index is 2.61. The van der Waals surface area contributed by atoms with Crippen molar-refractivity contribution >= 4 is 12.1 Å². The Hall–Kier alpha value is -1.12. The average Bonchev–Trinajstić information content (AvgIpc) is 2.50. The Bertz CT molecular complexity index is 205. The normalized spacial score (nSPS) is 22.3. The van der Waals surface area contributed by atoms with Gasteiger partial charge in [-0.1, -0.05) is 6.92 Å². The van der Waals surface area contributed by atoms with Gasteiger partial charge in [0.15, 0.2) is 12.0 Å². The van der Waals surface area contributed by atoms with E-state index in [1.807, 2.05) is 6.92 Å². The van der Waals surface area contributed by atoms with Gasteiger partial charge in [-0.25, -0.2) is 0 Å². The zero-order valence-electron chi connectivity index (χ0n) is 6.37. The molecule has 0 bridgehead atoms. The van der Waals surface area contributed by atoms with Gasteiger partial charge < -0.3 is 4.74 Å². The summed E-state index contributed by atoms with van der Waals surface area (Å²) in [6.07, 6.45) is 2.94. The monoisotopic (exact) mass is 154 g/mol. The molecule has 0 saturated carbocycles. The van der Waals surface area contributed by atoms with Crippen LogP contribution in [0, 0.1) is 5.92 Å². The van der Waals surface area contributed by atoms with Crippen LogP contribution in [0.15, 0.2) is 11.8 Å². The number of hydrogen-bond donors (Lipinski definition) is 0. The van der Waals surface area contributed by atoms with Crippen LogP contribution in [0.5, 0.6) is 0 Å². The molecule has 1 rings (SSSR count). The van der Waals surface area contributed by atoms with E-state index >= 15 is 0 Å². The summed E-state index contributed by atoms with van der Waals surface area (Å²) < 4.78 is 4.99. The Morgan fingerprint density at radius 1 is 1.91 bits per heavy atom. The van der Waals surface area contributed by atoms with E-state index in [1.54, 1.807) is 6.08 Å². The molecule has 0 saturated heterocycles. The minimum atomic E-state index is -0.555. The highest BCUT2D eigenvalue weighted by Gasteiger charge is 2.20. The lowest BCUT2D eigenvalue weighted by atomic mass is 10.1. The number of ketones is 1. The number of hydrogen-bond acceptors (Lipinski definition) is 3. The summed E-state index contributed by atoms with van der Waals surface area (Å²) in [6.45, 7) is 2.55. The Morgan fingerprint density at radius 3 is 3.09 bits per heavy atom. The molecule has 0 aliphatic carbocycles. The van der Waals surface area contributed by atoms with E-state index in [4.69, 9.17) is 4.74 Å². The molecule has 0 aromatic heterocycles. The molecule has 1 unspecified atom stereocenters. The molecule has 0 N–H and O–H groups in total. The van der Waals surface area contributed by atoms with Gasteiger partial charge in [-0.05, 0) is 12.5 Å². The number of Topliss-reactive ketones (excluding diaryl/α,β-unsaturated/α-hetero) is 1. The van der Waals surface area contributed by atoms with Crippen LogP contribution in [0.4, 0.5) is 0 Å². The molecule has 3 heteroatoms. The quantitative estimate of drug-likeness (QED) is 0.444. The molecule has 60 valence electrons. The summed E-state index contributed by atoms with van der Waals surface area (Å²) in [7, 11) is 0. The summed E-state index contributed by atoms with van der Waals surface area (Å²) >= 11 is 0. The molecule has 0 fully saturated rings. The van der Waals surface area contributed by atoms with Crippen LogP contribution in [-0.4, -0.2) is 18.7 Å². The zero-order valence-corrected chi connectivity index (χ0v) is 6.37. The molecule has 0 aromatic carbocycles. The maximum atomic E-state index is 10.7. The molecule has 0 spiro atoms. The third-order valence-corrected chi connectivity index (χ3v) is 1.71. The summed E-state index contributed by atoms with van der Waals surface area (Å²) in [6, 6.07) is 0. The largest absolute Gasteiger partial charge is 0.489 e. The molecular weight excluding hydrogens is 144 g/mol. The van der Waals surface area contributed by atoms with Gasteiger partial charge in [-0.2, -0.15) is 0 Å². The molecule has 1 aliphatic heterocycles. The molecular formula is C8H10O3. The highest BCUT2D eigenvalue weighted by Crippen LogP contribution is 2.18. The van der Waals surface area contributed by atoms with E-state index in [0.29, 0.717) is 12.5 Å². The molecule has 3 nitrogen and oxygen atoms in total. The third-order valence-electron chi connectivity index (χ3n) is 1.71. The van der Waals surface area contributed by atoms with Crippen LogP contribution in [-0.2, 0) is 14.3 Å². The number of allylic oxidation sites excluding steroid dienone is 1. The Morgan fingerprint density at radius 2 is 2.64 bits per heavy atom. The number of aldehydes is 1. The fourth-order valence-electron chi connectivity index (χ4n) is 0.954. The van der Waals surface area contributed by atoms with Crippen LogP contribution < -0.4 is 0 Å². The molecule has 11 heavy (non-hydrogen) atoms. The van der Waals surface area contributed by atoms with Crippen molar-refractivity contribution in [3.63, 3.8) is 0 Å². The van der Waals surface area contributed by atoms with Gasteiger partial charge >= 0.3 is 0 Å². The molecule has 0 amide bonds. The predicted molar refractivity (Wildman–Crippen MR) is 38.9 cm³/mol. The van der Waals surface area contributed by atoms with E-state index in [2.05, 4.69) is 0 Å². The smallest absolute Gasteiger partial charge is 0.259 e. The van der Waals surface area contributed by atoms with Crippen LogP contribution in [0.3, 0.4) is 0 Å². The Labute approximate surface area is 65.0 Å². The highest BCUT2D eigenvalue weighted by molar-refractivity contribution is 6.32. The maximum Gasteiger partial charge on any atom is 0.259 e. The second kappa shape index (κ2) is 3.32. The van der Waals surface area contributed by atoms with E-state index in [0.717, 1.165) is 6.42 Å². The van der Waals surface area contributed by atoms with Gasteiger partial charge in [0.2, 0.25) is 0 Å². The van der Waals surface area contributed by atoms with Crippen molar-refractivity contribution in [1.29, 1.82) is 0 Å². The minimum Gasteiger partial charge on any atom is -0.489 e. The van der Waals surface area contributed by atoms with E-state index in [1.165, 1.54) is 0 Å². The Kier molecular flexibility index (Phi) is 2.41. The number of ether oxygens (including phenoxy) is 1. The van der Waals surface area contributed by atoms with Crippen LogP contribution >= 0.6 is 0 Å². The van der Waals surface area contributed by atoms with Gasteiger partial charge in [0.05, 0.1) is 6.61 Å². The summed E-state index contributed by atoms with van der Waals surface area (Å²) in [4.78, 5) is 20.7. The standard InChI is InChI=1S/C8H10O3/c1-2-6-3-8(11-5-6)7(10)4-9/h3-4,6H,2,5H2,1H3. The van der Waals surface area contributed by atoms with Crippen molar-refractivity contribution in [1.82, 2.24) is 0 Å². The predicted octanol–water partition coefficient (Wildman–Crippen LogP) is 0.695. The van der Waals surface area contributed by atoms with Crippen LogP contribution in [0.1, 0.15) is 13.3 Å². The zero-order chi connectivity index (χ0) is 8.27. The van der Waals surface area contributed by atoms with Crippen molar-refractivity contribution in [3.05, 3.63) is 11.8 Å². The van der Waals surface area contributed by atoms with Crippen molar-refractivity contribution in [2.24, 2.45) is 5.92 Å². The lowest BCUT2D eigenvalue weighted by molar-refractivity contribution is -0.129. The molecule has 1 aliphatic rings. The van der Waals surface area contributed by atoms with Crippen LogP contribution in [0.25, 0.3) is 0 Å². The van der Waals surface area contributed by atoms with Gasteiger partial charge in [-0.15, -0.1) is 0 Å². The fraction of sp³-hybridized carbons (Fsp3) is 0.500. The summed E-state index contributed by atoms with van der Waals surface area (Å²) in [5.74, 6) is -0.0401. The topological polar surface area (TPSA) is 43.4 Å². The minimum absolute atomic E-state index is 0.215. The second-order valence-electron chi connectivity index (χ2n) is 2.49. The molecule has 1 heterocycles. The highest BCUT2D eigenvalue weighted by atomic mass is 16.5. The fourth-order valence-corrected chi connectivity index (χ4v) is 0.954. The van der Waals surface area contributed by atoms with Crippen molar-refractivity contribution < 1.29 is 14.3 Å². The van der Waals surface area contributed by atoms with E-state index < -0.39 is 5.78 Å². The molecule has 0 radical (unpaired) electrons. The second-order valence-corrected chi connectivity index (χ2v) is 2.49. The van der Waals surface area contributed by atoms with E-state index in [9.17, 15) is 9.59 Å². The van der Waals surface area contributed by atoms with Crippen molar-refractivity contribution in [2.45, 2.75) is 13.3 Å². The first kappa shape index (κ1) is 7.98. The van der Waals surface area contributed by atoms with E-state index in [-0.39, 0.29) is 12.0 Å². The lowest BCUT2D eigenvalue weighted by Gasteiger charge is -1.98. The first-order chi connectivity index (χ1) is 5.27. The summed E-state index contributed by atoms with van der Waals surface area (Å²) in [5, 5.41) is 0.